The molecule has 0 aliphatic carbocycles. The van der Waals surface area contributed by atoms with Crippen molar-refractivity contribution in [1.82, 2.24) is 10.2 Å². The predicted molar refractivity (Wildman–Crippen MR) is 50.6 cm³/mol. The Morgan fingerprint density at radius 3 is 2.83 bits per heavy atom. The van der Waals surface area contributed by atoms with Gasteiger partial charge in [-0.25, -0.2) is 0 Å². The summed E-state index contributed by atoms with van der Waals surface area (Å²) in [5, 5.41) is 8.80. The van der Waals surface area contributed by atoms with Crippen LogP contribution in [0.15, 0.2) is 12.3 Å². The number of rotatable bonds is 0. The van der Waals surface area contributed by atoms with Crippen LogP contribution in [-0.2, 0) is 0 Å². The van der Waals surface area contributed by atoms with Crippen molar-refractivity contribution in [2.24, 2.45) is 0 Å². The lowest BCUT2D eigenvalue weighted by molar-refractivity contribution is 1.12. The first-order chi connectivity index (χ1) is 5.70. The van der Waals surface area contributed by atoms with Crippen molar-refractivity contribution in [3.8, 4) is 0 Å². The molecule has 1 heterocycles. The van der Waals surface area contributed by atoms with Crippen LogP contribution >= 0.6 is 11.6 Å². The molecule has 2 rings (SSSR count). The van der Waals surface area contributed by atoms with Crippen LogP contribution in [0.2, 0.25) is 5.02 Å². The lowest BCUT2D eigenvalue weighted by Gasteiger charge is -2.02. The Hall–Kier alpha value is -1.02. The van der Waals surface area contributed by atoms with E-state index in [9.17, 15) is 0 Å². The minimum Gasteiger partial charge on any atom is -0.278 e. The molecule has 0 bridgehead atoms. The minimum absolute atomic E-state index is 0.796. The van der Waals surface area contributed by atoms with Gasteiger partial charge in [-0.3, -0.25) is 5.10 Å². The largest absolute Gasteiger partial charge is 0.278 e. The third-order valence-corrected chi connectivity index (χ3v) is 2.66. The van der Waals surface area contributed by atoms with Crippen LogP contribution in [0.25, 0.3) is 10.9 Å². The Balaban J connectivity index is 2.94. The number of fused-ring (bicyclic) bond motifs is 1. The van der Waals surface area contributed by atoms with Crippen LogP contribution in [0.1, 0.15) is 11.1 Å². The van der Waals surface area contributed by atoms with Gasteiger partial charge in [-0.2, -0.15) is 5.10 Å². The molecule has 0 aliphatic heterocycles. The van der Waals surface area contributed by atoms with E-state index in [0.29, 0.717) is 0 Å². The lowest BCUT2D eigenvalue weighted by atomic mass is 10.1. The summed E-state index contributed by atoms with van der Waals surface area (Å²) >= 11 is 6.00. The van der Waals surface area contributed by atoms with Crippen LogP contribution < -0.4 is 0 Å². The van der Waals surface area contributed by atoms with Crippen molar-refractivity contribution in [2.75, 3.05) is 0 Å². The van der Waals surface area contributed by atoms with Gasteiger partial charge in [-0.15, -0.1) is 0 Å². The molecule has 1 N–H and O–H groups in total. The van der Waals surface area contributed by atoms with Gasteiger partial charge < -0.3 is 0 Å². The molecule has 0 spiro atoms. The van der Waals surface area contributed by atoms with E-state index in [2.05, 4.69) is 17.1 Å². The summed E-state index contributed by atoms with van der Waals surface area (Å²) in [7, 11) is 0. The first-order valence-corrected chi connectivity index (χ1v) is 4.16. The summed E-state index contributed by atoms with van der Waals surface area (Å²) in [6.07, 6.45) is 1.83. The lowest BCUT2D eigenvalue weighted by Crippen LogP contribution is -1.83. The first-order valence-electron chi connectivity index (χ1n) is 3.79. The Morgan fingerprint density at radius 2 is 2.08 bits per heavy atom. The summed E-state index contributed by atoms with van der Waals surface area (Å²) in [6.45, 7) is 4.07. The maximum atomic E-state index is 6.00. The van der Waals surface area contributed by atoms with Crippen molar-refractivity contribution in [2.45, 2.75) is 13.8 Å². The van der Waals surface area contributed by atoms with Gasteiger partial charge in [0.25, 0.3) is 0 Å². The van der Waals surface area contributed by atoms with Crippen LogP contribution in [0, 0.1) is 13.8 Å². The summed E-state index contributed by atoms with van der Waals surface area (Å²) < 4.78 is 0. The van der Waals surface area contributed by atoms with Gasteiger partial charge in [0.15, 0.2) is 0 Å². The number of nitrogens with zero attached hydrogens (tertiary/aromatic N) is 1. The third kappa shape index (κ3) is 0.916. The molecule has 0 saturated carbocycles. The van der Waals surface area contributed by atoms with Crippen LogP contribution in [-0.4, -0.2) is 10.2 Å². The highest BCUT2D eigenvalue weighted by molar-refractivity contribution is 6.32. The molecule has 0 aliphatic rings. The zero-order chi connectivity index (χ0) is 8.72. The standard InChI is InChI=1S/C9H9ClN2/c1-5-6(2)8(10)3-9-7(5)4-11-12-9/h3-4H,1-2H3,(H,11,12). The highest BCUT2D eigenvalue weighted by Crippen LogP contribution is 2.26. The topological polar surface area (TPSA) is 28.7 Å². The zero-order valence-electron chi connectivity index (χ0n) is 6.98. The minimum atomic E-state index is 0.796. The number of nitrogens with one attached hydrogen (secondary N) is 1. The Bertz CT molecular complexity index is 431. The molecular formula is C9H9ClN2. The second kappa shape index (κ2) is 2.49. The van der Waals surface area contributed by atoms with Gasteiger partial charge in [0.05, 0.1) is 11.7 Å². The van der Waals surface area contributed by atoms with Crippen LogP contribution in [0.3, 0.4) is 0 Å². The van der Waals surface area contributed by atoms with E-state index in [1.54, 1.807) is 0 Å². The van der Waals surface area contributed by atoms with Gasteiger partial charge >= 0.3 is 0 Å². The quantitative estimate of drug-likeness (QED) is 0.664. The van der Waals surface area contributed by atoms with Gasteiger partial charge in [0.2, 0.25) is 0 Å². The number of hydrogen-bond acceptors (Lipinski definition) is 1. The summed E-state index contributed by atoms with van der Waals surface area (Å²) in [6, 6.07) is 1.91. The van der Waals surface area contributed by atoms with E-state index >= 15 is 0 Å². The number of aryl methyl sites for hydroxylation is 1. The number of aromatic amines is 1. The third-order valence-electron chi connectivity index (χ3n) is 2.26. The van der Waals surface area contributed by atoms with E-state index in [4.69, 9.17) is 11.6 Å². The van der Waals surface area contributed by atoms with Gasteiger partial charge in [0, 0.05) is 10.4 Å². The molecule has 0 amide bonds. The van der Waals surface area contributed by atoms with Crippen molar-refractivity contribution in [3.05, 3.63) is 28.4 Å². The van der Waals surface area contributed by atoms with Crippen molar-refractivity contribution >= 4 is 22.5 Å². The number of hydrogen-bond donors (Lipinski definition) is 1. The molecule has 0 unspecified atom stereocenters. The molecule has 12 heavy (non-hydrogen) atoms. The number of H-pyrrole nitrogens is 1. The van der Waals surface area contributed by atoms with Crippen LogP contribution in [0.5, 0.6) is 0 Å². The van der Waals surface area contributed by atoms with Crippen LogP contribution in [0.4, 0.5) is 0 Å². The van der Waals surface area contributed by atoms with E-state index < -0.39 is 0 Å². The average Bonchev–Trinajstić information content (AvgIpc) is 2.48. The van der Waals surface area contributed by atoms with E-state index in [1.165, 1.54) is 5.56 Å². The molecule has 2 nitrogen and oxygen atoms in total. The maximum Gasteiger partial charge on any atom is 0.0668 e. The molecule has 0 radical (unpaired) electrons. The summed E-state index contributed by atoms with van der Waals surface area (Å²) in [5.74, 6) is 0. The molecule has 62 valence electrons. The molecule has 1 aromatic heterocycles. The fourth-order valence-electron chi connectivity index (χ4n) is 1.32. The molecule has 1 aromatic carbocycles. The smallest absolute Gasteiger partial charge is 0.0668 e. The predicted octanol–water partition coefficient (Wildman–Crippen LogP) is 2.83. The zero-order valence-corrected chi connectivity index (χ0v) is 7.74. The maximum absolute atomic E-state index is 6.00. The molecular weight excluding hydrogens is 172 g/mol. The van der Waals surface area contributed by atoms with E-state index in [-0.39, 0.29) is 0 Å². The second-order valence-corrected chi connectivity index (χ2v) is 3.35. The number of halogens is 1. The van der Waals surface area contributed by atoms with Crippen molar-refractivity contribution in [3.63, 3.8) is 0 Å². The highest BCUT2D eigenvalue weighted by atomic mass is 35.5. The molecule has 0 atom stereocenters. The van der Waals surface area contributed by atoms with E-state index in [0.717, 1.165) is 21.5 Å². The number of benzene rings is 1. The monoisotopic (exact) mass is 180 g/mol. The van der Waals surface area contributed by atoms with E-state index in [1.807, 2.05) is 19.2 Å². The molecule has 0 fully saturated rings. The Morgan fingerprint density at radius 1 is 1.33 bits per heavy atom. The van der Waals surface area contributed by atoms with Gasteiger partial charge in [0.1, 0.15) is 0 Å². The summed E-state index contributed by atoms with van der Waals surface area (Å²) in [5.41, 5.74) is 3.33. The van der Waals surface area contributed by atoms with Gasteiger partial charge in [-0.1, -0.05) is 11.6 Å². The fraction of sp³-hybridized carbons (Fsp3) is 0.222. The van der Waals surface area contributed by atoms with Crippen molar-refractivity contribution in [1.29, 1.82) is 0 Å². The number of aromatic nitrogens is 2. The molecule has 3 heteroatoms. The fourth-order valence-corrected chi connectivity index (χ4v) is 1.57. The Kier molecular flexibility index (Phi) is 1.58. The highest BCUT2D eigenvalue weighted by Gasteiger charge is 2.05. The summed E-state index contributed by atoms with van der Waals surface area (Å²) in [4.78, 5) is 0. The molecule has 0 saturated heterocycles. The molecule has 2 aromatic rings. The first kappa shape index (κ1) is 7.62. The average molecular weight is 181 g/mol. The normalized spacial score (nSPS) is 10.9. The second-order valence-electron chi connectivity index (χ2n) is 2.94. The van der Waals surface area contributed by atoms with Crippen molar-refractivity contribution < 1.29 is 0 Å². The SMILES string of the molecule is Cc1c(Cl)cc2[nH]ncc2c1C. The van der Waals surface area contributed by atoms with Gasteiger partial charge in [-0.05, 0) is 31.0 Å². The Labute approximate surface area is 75.5 Å².